The summed E-state index contributed by atoms with van der Waals surface area (Å²) in [6.45, 7) is 0. The summed E-state index contributed by atoms with van der Waals surface area (Å²) >= 11 is 0. The highest BCUT2D eigenvalue weighted by molar-refractivity contribution is 5.88. The van der Waals surface area contributed by atoms with Gasteiger partial charge in [0.15, 0.2) is 0 Å². The molecule has 0 aliphatic heterocycles. The number of benzene rings is 4. The minimum absolute atomic E-state index is 0.941. The van der Waals surface area contributed by atoms with Crippen LogP contribution in [0.5, 0.6) is 0 Å². The van der Waals surface area contributed by atoms with Gasteiger partial charge in [-0.2, -0.15) is 0 Å². The molecule has 0 aliphatic rings. The van der Waals surface area contributed by atoms with E-state index >= 15 is 0 Å². The summed E-state index contributed by atoms with van der Waals surface area (Å²) in [4.78, 5) is 3.68. The SMILES string of the molecule is c1ccc(CCc2ccc(-c3cc4cccc(Cc5ccccc5)c4[nH]3)cc2)cc1. The van der Waals surface area contributed by atoms with Crippen LogP contribution in [0.4, 0.5) is 0 Å². The van der Waals surface area contributed by atoms with Gasteiger partial charge in [-0.3, -0.25) is 0 Å². The molecule has 0 saturated carbocycles. The van der Waals surface area contributed by atoms with Gasteiger partial charge in [0.05, 0.1) is 0 Å². The van der Waals surface area contributed by atoms with Gasteiger partial charge < -0.3 is 4.98 Å². The second-order valence-electron chi connectivity index (χ2n) is 7.91. The first kappa shape index (κ1) is 18.4. The first-order valence-corrected chi connectivity index (χ1v) is 10.6. The number of aryl methyl sites for hydroxylation is 2. The maximum atomic E-state index is 3.68. The molecule has 0 bridgehead atoms. The highest BCUT2D eigenvalue weighted by Crippen LogP contribution is 2.28. The Morgan fingerprint density at radius 3 is 1.87 bits per heavy atom. The minimum Gasteiger partial charge on any atom is -0.354 e. The summed E-state index contributed by atoms with van der Waals surface area (Å²) in [6, 6.07) is 39.2. The van der Waals surface area contributed by atoms with Crippen LogP contribution < -0.4 is 0 Å². The van der Waals surface area contributed by atoms with E-state index in [4.69, 9.17) is 0 Å². The van der Waals surface area contributed by atoms with Crippen LogP contribution in [0.3, 0.4) is 0 Å². The van der Waals surface area contributed by atoms with Crippen LogP contribution in [0, 0.1) is 0 Å². The second-order valence-corrected chi connectivity index (χ2v) is 7.91. The van der Waals surface area contributed by atoms with Crippen molar-refractivity contribution in [2.75, 3.05) is 0 Å². The van der Waals surface area contributed by atoms with Crippen LogP contribution in [-0.2, 0) is 19.3 Å². The third-order valence-electron chi connectivity index (χ3n) is 5.79. The van der Waals surface area contributed by atoms with E-state index in [-0.39, 0.29) is 0 Å². The van der Waals surface area contributed by atoms with Gasteiger partial charge in [0, 0.05) is 16.6 Å². The Morgan fingerprint density at radius 2 is 1.17 bits per heavy atom. The fourth-order valence-electron chi connectivity index (χ4n) is 4.12. The van der Waals surface area contributed by atoms with Crippen molar-refractivity contribution in [3.8, 4) is 11.3 Å². The van der Waals surface area contributed by atoms with Crippen LogP contribution >= 0.6 is 0 Å². The molecule has 5 rings (SSSR count). The molecule has 0 fully saturated rings. The molecule has 1 aromatic heterocycles. The Labute approximate surface area is 178 Å². The standard InChI is InChI=1S/C29H25N/c1-3-8-22(9-4-1)14-15-23-16-18-25(19-17-23)28-21-27-13-7-12-26(29(27)30-28)20-24-10-5-2-6-11-24/h1-13,16-19,21,30H,14-15,20H2. The molecular weight excluding hydrogens is 362 g/mol. The maximum Gasteiger partial charge on any atom is 0.0494 e. The zero-order chi connectivity index (χ0) is 20.2. The van der Waals surface area contributed by atoms with Crippen molar-refractivity contribution in [3.63, 3.8) is 0 Å². The topological polar surface area (TPSA) is 15.8 Å². The zero-order valence-corrected chi connectivity index (χ0v) is 17.0. The van der Waals surface area contributed by atoms with Gasteiger partial charge in [0.1, 0.15) is 0 Å². The van der Waals surface area contributed by atoms with E-state index in [1.807, 2.05) is 0 Å². The Bertz CT molecular complexity index is 1230. The van der Waals surface area contributed by atoms with Crippen LogP contribution in [0.25, 0.3) is 22.2 Å². The van der Waals surface area contributed by atoms with Crippen LogP contribution in [0.15, 0.2) is 109 Å². The number of aromatic nitrogens is 1. The van der Waals surface area contributed by atoms with E-state index in [1.165, 1.54) is 44.4 Å². The summed E-state index contributed by atoms with van der Waals surface area (Å²) in [5.41, 5.74) is 9.10. The molecule has 0 amide bonds. The molecule has 0 radical (unpaired) electrons. The van der Waals surface area contributed by atoms with Gasteiger partial charge in [-0.05, 0) is 53.1 Å². The number of aromatic amines is 1. The molecule has 30 heavy (non-hydrogen) atoms. The van der Waals surface area contributed by atoms with Crippen molar-refractivity contribution in [2.24, 2.45) is 0 Å². The maximum absolute atomic E-state index is 3.68. The van der Waals surface area contributed by atoms with Gasteiger partial charge in [-0.25, -0.2) is 0 Å². The molecule has 0 aliphatic carbocycles. The summed E-state index contributed by atoms with van der Waals surface area (Å²) < 4.78 is 0. The highest BCUT2D eigenvalue weighted by atomic mass is 14.7. The average Bonchev–Trinajstić information content (AvgIpc) is 3.25. The van der Waals surface area contributed by atoms with Crippen molar-refractivity contribution in [2.45, 2.75) is 19.3 Å². The van der Waals surface area contributed by atoms with Gasteiger partial charge in [-0.15, -0.1) is 0 Å². The minimum atomic E-state index is 0.941. The second kappa shape index (κ2) is 8.42. The molecule has 1 heteroatoms. The van der Waals surface area contributed by atoms with Crippen molar-refractivity contribution < 1.29 is 0 Å². The summed E-state index contributed by atoms with van der Waals surface area (Å²) in [6.07, 6.45) is 3.09. The summed E-state index contributed by atoms with van der Waals surface area (Å²) in [7, 11) is 0. The monoisotopic (exact) mass is 387 g/mol. The zero-order valence-electron chi connectivity index (χ0n) is 17.0. The highest BCUT2D eigenvalue weighted by Gasteiger charge is 2.08. The molecule has 5 aromatic rings. The van der Waals surface area contributed by atoms with Gasteiger partial charge in [0.2, 0.25) is 0 Å². The number of fused-ring (bicyclic) bond motifs is 1. The van der Waals surface area contributed by atoms with Crippen LogP contribution in [-0.4, -0.2) is 4.98 Å². The van der Waals surface area contributed by atoms with Crippen molar-refractivity contribution >= 4 is 10.9 Å². The van der Waals surface area contributed by atoms with Crippen LogP contribution in [0.2, 0.25) is 0 Å². The third-order valence-corrected chi connectivity index (χ3v) is 5.79. The van der Waals surface area contributed by atoms with Crippen molar-refractivity contribution in [1.82, 2.24) is 4.98 Å². The first-order valence-electron chi connectivity index (χ1n) is 10.6. The lowest BCUT2D eigenvalue weighted by Crippen LogP contribution is -1.91. The van der Waals surface area contributed by atoms with Crippen molar-refractivity contribution in [1.29, 1.82) is 0 Å². The first-order chi connectivity index (χ1) is 14.8. The molecule has 0 spiro atoms. The third kappa shape index (κ3) is 4.06. The number of hydrogen-bond donors (Lipinski definition) is 1. The van der Waals surface area contributed by atoms with Gasteiger partial charge in [0.25, 0.3) is 0 Å². The molecule has 1 nitrogen and oxygen atoms in total. The Balaban J connectivity index is 1.36. The number of hydrogen-bond acceptors (Lipinski definition) is 0. The number of para-hydroxylation sites is 1. The quantitative estimate of drug-likeness (QED) is 0.317. The molecule has 1 heterocycles. The van der Waals surface area contributed by atoms with E-state index in [0.29, 0.717) is 0 Å². The number of nitrogens with one attached hydrogen (secondary N) is 1. The molecular formula is C29H25N. The number of H-pyrrole nitrogens is 1. The number of rotatable bonds is 6. The summed E-state index contributed by atoms with van der Waals surface area (Å²) in [5, 5.41) is 1.27. The lowest BCUT2D eigenvalue weighted by atomic mass is 10.0. The van der Waals surface area contributed by atoms with E-state index in [0.717, 1.165) is 19.3 Å². The van der Waals surface area contributed by atoms with Crippen molar-refractivity contribution in [3.05, 3.63) is 131 Å². The molecule has 1 N–H and O–H groups in total. The molecule has 0 unspecified atom stereocenters. The van der Waals surface area contributed by atoms with E-state index < -0.39 is 0 Å². The lowest BCUT2D eigenvalue weighted by molar-refractivity contribution is 0.960. The predicted octanol–water partition coefficient (Wildman–Crippen LogP) is 7.21. The Hall–Kier alpha value is -3.58. The van der Waals surface area contributed by atoms with E-state index in [1.54, 1.807) is 0 Å². The smallest absolute Gasteiger partial charge is 0.0494 e. The Kier molecular flexibility index (Phi) is 5.18. The Morgan fingerprint density at radius 1 is 0.533 bits per heavy atom. The van der Waals surface area contributed by atoms with Gasteiger partial charge in [-0.1, -0.05) is 103 Å². The molecule has 0 atom stereocenters. The predicted molar refractivity (Wildman–Crippen MR) is 127 cm³/mol. The fraction of sp³-hybridized carbons (Fsp3) is 0.103. The van der Waals surface area contributed by atoms with E-state index in [9.17, 15) is 0 Å². The normalized spacial score (nSPS) is 11.1. The van der Waals surface area contributed by atoms with E-state index in [2.05, 4.69) is 114 Å². The van der Waals surface area contributed by atoms with Crippen LogP contribution in [0.1, 0.15) is 22.3 Å². The molecule has 0 saturated heterocycles. The van der Waals surface area contributed by atoms with Gasteiger partial charge >= 0.3 is 0 Å². The fourth-order valence-corrected chi connectivity index (χ4v) is 4.12. The average molecular weight is 388 g/mol. The largest absolute Gasteiger partial charge is 0.354 e. The molecule has 146 valence electrons. The lowest BCUT2D eigenvalue weighted by Gasteiger charge is -2.05. The summed E-state index contributed by atoms with van der Waals surface area (Å²) in [5.74, 6) is 0. The molecule has 4 aromatic carbocycles.